The molecule has 1 saturated carbocycles. The molecule has 0 aliphatic heterocycles. The van der Waals surface area contributed by atoms with E-state index in [2.05, 4.69) is 40.6 Å². The molecule has 1 aromatic heterocycles. The van der Waals surface area contributed by atoms with Gasteiger partial charge in [0.05, 0.1) is 12.2 Å². The van der Waals surface area contributed by atoms with Crippen molar-refractivity contribution in [2.45, 2.75) is 46.7 Å². The lowest BCUT2D eigenvalue weighted by Gasteiger charge is -2.42. The molecule has 122 valence electrons. The zero-order valence-electron chi connectivity index (χ0n) is 13.9. The maximum atomic E-state index is 5.36. The summed E-state index contributed by atoms with van der Waals surface area (Å²) < 4.78 is 0. The highest BCUT2D eigenvalue weighted by Gasteiger charge is 2.35. The molecule has 5 N–H and O–H groups in total. The second kappa shape index (κ2) is 7.72. The van der Waals surface area contributed by atoms with Gasteiger partial charge in [-0.05, 0) is 49.3 Å². The first-order valence-electron chi connectivity index (χ1n) is 8.00. The molecule has 0 unspecified atom stereocenters. The maximum Gasteiger partial charge on any atom is 0.0718 e. The molecule has 1 heterocycles. The third-order valence-electron chi connectivity index (χ3n) is 4.11. The molecule has 1 aliphatic rings. The van der Waals surface area contributed by atoms with E-state index in [1.165, 1.54) is 18.4 Å². The Balaban J connectivity index is 1.93. The van der Waals surface area contributed by atoms with Crippen LogP contribution in [0.15, 0.2) is 24.5 Å². The number of nitrogens with zero attached hydrogens (tertiary/aromatic N) is 1. The molecule has 0 radical (unpaired) electrons. The Hall–Kier alpha value is -1.43. The second-order valence-electron chi connectivity index (χ2n) is 7.06. The van der Waals surface area contributed by atoms with E-state index in [4.69, 9.17) is 5.84 Å². The summed E-state index contributed by atoms with van der Waals surface area (Å²) in [5, 5.41) is 3.56. The van der Waals surface area contributed by atoms with E-state index in [0.717, 1.165) is 30.4 Å². The minimum atomic E-state index is 0.539. The number of aromatic nitrogens is 2. The van der Waals surface area contributed by atoms with Crippen LogP contribution in [0, 0.1) is 18.3 Å². The fourth-order valence-corrected chi connectivity index (χ4v) is 3.19. The van der Waals surface area contributed by atoms with E-state index in [0.29, 0.717) is 12.0 Å². The van der Waals surface area contributed by atoms with Gasteiger partial charge in [-0.3, -0.25) is 16.3 Å². The highest BCUT2D eigenvalue weighted by molar-refractivity contribution is 5.11. The first-order valence-corrected chi connectivity index (χ1v) is 8.00. The largest absolute Gasteiger partial charge is 0.366 e. The Morgan fingerprint density at radius 2 is 2.05 bits per heavy atom. The lowest BCUT2D eigenvalue weighted by Crippen LogP contribution is -2.38. The van der Waals surface area contributed by atoms with Gasteiger partial charge in [0, 0.05) is 24.6 Å². The average molecular weight is 303 g/mol. The summed E-state index contributed by atoms with van der Waals surface area (Å²) in [6.07, 6.45) is 6.55. The van der Waals surface area contributed by atoms with Gasteiger partial charge in [-0.2, -0.15) is 0 Å². The fourth-order valence-electron chi connectivity index (χ4n) is 3.19. The van der Waals surface area contributed by atoms with Crippen LogP contribution < -0.4 is 16.6 Å². The van der Waals surface area contributed by atoms with Gasteiger partial charge in [-0.15, -0.1) is 0 Å². The topological polar surface area (TPSA) is 78.8 Å². The summed E-state index contributed by atoms with van der Waals surface area (Å²) >= 11 is 0. The van der Waals surface area contributed by atoms with Crippen molar-refractivity contribution < 1.29 is 0 Å². The SMILES string of the molecule is Cc1ccc(CNCC2CC(C)(C)C2)c[nH]cc(CNN)n1. The highest BCUT2D eigenvalue weighted by atomic mass is 15.2. The van der Waals surface area contributed by atoms with Gasteiger partial charge < -0.3 is 10.3 Å². The van der Waals surface area contributed by atoms with E-state index in [9.17, 15) is 0 Å². The molecule has 0 atom stereocenters. The van der Waals surface area contributed by atoms with E-state index in [-0.39, 0.29) is 0 Å². The maximum absolute atomic E-state index is 5.36. The van der Waals surface area contributed by atoms with Crippen LogP contribution in [-0.4, -0.2) is 16.5 Å². The number of hydrogen-bond acceptors (Lipinski definition) is 4. The summed E-state index contributed by atoms with van der Waals surface area (Å²) in [4.78, 5) is 7.69. The number of hydrazine groups is 1. The number of nitrogens with two attached hydrogens (primary N) is 1. The summed E-state index contributed by atoms with van der Waals surface area (Å²) in [6, 6.07) is 4.15. The molecule has 0 aromatic carbocycles. The predicted molar refractivity (Wildman–Crippen MR) is 90.2 cm³/mol. The number of nitrogens with one attached hydrogen (secondary N) is 3. The minimum absolute atomic E-state index is 0.539. The lowest BCUT2D eigenvalue weighted by molar-refractivity contribution is 0.0957. The summed E-state index contributed by atoms with van der Waals surface area (Å²) in [6.45, 7) is 9.19. The Morgan fingerprint density at radius 1 is 1.27 bits per heavy atom. The van der Waals surface area contributed by atoms with Crippen LogP contribution >= 0.6 is 0 Å². The number of rotatable bonds is 6. The third-order valence-corrected chi connectivity index (χ3v) is 4.11. The number of H-pyrrole nitrogens is 1. The molecule has 22 heavy (non-hydrogen) atoms. The molecule has 5 heteroatoms. The van der Waals surface area contributed by atoms with Gasteiger partial charge in [0.1, 0.15) is 0 Å². The van der Waals surface area contributed by atoms with Crippen molar-refractivity contribution >= 4 is 0 Å². The van der Waals surface area contributed by atoms with Crippen LogP contribution in [0.25, 0.3) is 0 Å². The van der Waals surface area contributed by atoms with Crippen LogP contribution in [0.3, 0.4) is 0 Å². The zero-order valence-corrected chi connectivity index (χ0v) is 13.9. The van der Waals surface area contributed by atoms with Crippen molar-refractivity contribution in [1.29, 1.82) is 0 Å². The number of hydrogen-bond donors (Lipinski definition) is 4. The molecule has 0 saturated heterocycles. The van der Waals surface area contributed by atoms with Crippen molar-refractivity contribution in [3.63, 3.8) is 0 Å². The van der Waals surface area contributed by atoms with Crippen molar-refractivity contribution in [2.24, 2.45) is 17.2 Å². The zero-order chi connectivity index (χ0) is 16.0. The van der Waals surface area contributed by atoms with Crippen LogP contribution in [-0.2, 0) is 13.1 Å². The van der Waals surface area contributed by atoms with Gasteiger partial charge in [0.2, 0.25) is 0 Å². The van der Waals surface area contributed by atoms with Gasteiger partial charge in [-0.25, -0.2) is 0 Å². The third kappa shape index (κ3) is 5.40. The normalized spacial score (nSPS) is 16.9. The molecule has 0 spiro atoms. The Labute approximate surface area is 133 Å². The molecule has 0 amide bonds. The van der Waals surface area contributed by atoms with Crippen LogP contribution in [0.2, 0.25) is 0 Å². The molecular formula is C17H29N5. The van der Waals surface area contributed by atoms with Gasteiger partial charge in [0.25, 0.3) is 0 Å². The Morgan fingerprint density at radius 3 is 2.73 bits per heavy atom. The van der Waals surface area contributed by atoms with E-state index >= 15 is 0 Å². The van der Waals surface area contributed by atoms with Gasteiger partial charge in [0.15, 0.2) is 0 Å². The second-order valence-corrected chi connectivity index (χ2v) is 7.06. The van der Waals surface area contributed by atoms with Crippen molar-refractivity contribution in [3.8, 4) is 0 Å². The smallest absolute Gasteiger partial charge is 0.0718 e. The molecule has 0 bridgehead atoms. The van der Waals surface area contributed by atoms with Crippen LogP contribution in [0.5, 0.6) is 0 Å². The molecular weight excluding hydrogens is 274 g/mol. The Bertz CT molecular complexity index is 526. The standard InChI is InChI=1S/C17H29N5/c1-13-4-5-14(9-20-11-16(22-13)12-21-18)8-19-10-15-6-17(2,3)7-15/h4-5,9,11,15,19-21H,6-8,10,12,18H2,1-3H3. The van der Waals surface area contributed by atoms with Crippen molar-refractivity contribution in [3.05, 3.63) is 41.5 Å². The molecule has 1 fully saturated rings. The van der Waals surface area contributed by atoms with Crippen molar-refractivity contribution in [1.82, 2.24) is 20.7 Å². The number of aromatic amines is 1. The fraction of sp³-hybridized carbons (Fsp3) is 0.588. The monoisotopic (exact) mass is 303 g/mol. The van der Waals surface area contributed by atoms with Crippen LogP contribution in [0.4, 0.5) is 0 Å². The first kappa shape index (κ1) is 16.9. The minimum Gasteiger partial charge on any atom is -0.366 e. The molecule has 1 aliphatic carbocycles. The molecule has 1 aromatic rings. The van der Waals surface area contributed by atoms with Crippen LogP contribution in [0.1, 0.15) is 43.6 Å². The molecule has 5 nitrogen and oxygen atoms in total. The summed E-state index contributed by atoms with van der Waals surface area (Å²) in [5.41, 5.74) is 6.25. The van der Waals surface area contributed by atoms with E-state index in [1.807, 2.05) is 25.4 Å². The van der Waals surface area contributed by atoms with Gasteiger partial charge >= 0.3 is 0 Å². The highest BCUT2D eigenvalue weighted by Crippen LogP contribution is 2.44. The molecule has 2 rings (SSSR count). The first-order chi connectivity index (χ1) is 10.5. The van der Waals surface area contributed by atoms with E-state index < -0.39 is 0 Å². The summed E-state index contributed by atoms with van der Waals surface area (Å²) in [7, 11) is 0. The van der Waals surface area contributed by atoms with Gasteiger partial charge in [-0.1, -0.05) is 19.9 Å². The quantitative estimate of drug-likeness (QED) is 0.480. The summed E-state index contributed by atoms with van der Waals surface area (Å²) in [5.74, 6) is 6.19. The number of aryl methyl sites for hydroxylation is 1. The van der Waals surface area contributed by atoms with E-state index in [1.54, 1.807) is 0 Å². The lowest BCUT2D eigenvalue weighted by atomic mass is 9.64. The van der Waals surface area contributed by atoms with Crippen molar-refractivity contribution in [2.75, 3.05) is 6.54 Å². The average Bonchev–Trinajstić information content (AvgIpc) is 2.49. The Kier molecular flexibility index (Phi) is 5.94. The predicted octanol–water partition coefficient (Wildman–Crippen LogP) is 2.33.